The minimum atomic E-state index is -0.117. The van der Waals surface area contributed by atoms with Crippen LogP contribution in [0.15, 0.2) is 73.1 Å². The number of rotatable bonds is 5. The van der Waals surface area contributed by atoms with Gasteiger partial charge in [0.25, 0.3) is 5.70 Å². The van der Waals surface area contributed by atoms with Crippen molar-refractivity contribution in [3.63, 3.8) is 0 Å². The number of benzene rings is 2. The van der Waals surface area contributed by atoms with E-state index in [4.69, 9.17) is 23.8 Å². The van der Waals surface area contributed by atoms with Crippen LogP contribution >= 0.6 is 23.8 Å². The second-order valence-corrected chi connectivity index (χ2v) is 7.15. The average molecular weight is 412 g/mol. The molecule has 0 fully saturated rings. The first-order valence-corrected chi connectivity index (χ1v) is 9.45. The van der Waals surface area contributed by atoms with Crippen molar-refractivity contribution in [2.24, 2.45) is 0 Å². The van der Waals surface area contributed by atoms with E-state index in [1.54, 1.807) is 53.4 Å². The summed E-state index contributed by atoms with van der Waals surface area (Å²) in [5.74, 6) is 0.00177. The molecule has 0 unspecified atom stereocenters. The Balaban J connectivity index is 2.09. The van der Waals surface area contributed by atoms with Gasteiger partial charge in [0.1, 0.15) is 0 Å². The lowest BCUT2D eigenvalue weighted by Gasteiger charge is -2.11. The summed E-state index contributed by atoms with van der Waals surface area (Å²) >= 11 is 11.6. The van der Waals surface area contributed by atoms with Crippen molar-refractivity contribution in [2.75, 3.05) is 5.32 Å². The molecule has 142 valence electrons. The number of nitrogens with zero attached hydrogens (tertiary/aromatic N) is 1. The number of halogens is 1. The summed E-state index contributed by atoms with van der Waals surface area (Å²) < 4.78 is 1.70. The van der Waals surface area contributed by atoms with Gasteiger partial charge >= 0.3 is 0 Å². The number of aryl methyl sites for hydroxylation is 1. The summed E-state index contributed by atoms with van der Waals surface area (Å²) in [6.07, 6.45) is 3.50. The minimum Gasteiger partial charge on any atom is -0.502 e. The van der Waals surface area contributed by atoms with Crippen LogP contribution in [-0.4, -0.2) is 15.2 Å². The van der Waals surface area contributed by atoms with Crippen molar-refractivity contribution in [1.82, 2.24) is 0 Å². The number of aliphatic hydroxyl groups excluding tert-OH is 2. The highest BCUT2D eigenvalue weighted by Crippen LogP contribution is 2.21. The maximum Gasteiger partial charge on any atom is 0.288 e. The van der Waals surface area contributed by atoms with E-state index in [1.165, 1.54) is 0 Å². The van der Waals surface area contributed by atoms with Crippen LogP contribution in [-0.2, 0) is 6.61 Å². The van der Waals surface area contributed by atoms with Crippen molar-refractivity contribution < 1.29 is 14.8 Å². The molecule has 0 aliphatic carbocycles. The third kappa shape index (κ3) is 4.75. The monoisotopic (exact) mass is 411 g/mol. The van der Waals surface area contributed by atoms with Crippen LogP contribution < -0.4 is 9.88 Å². The molecule has 0 saturated carbocycles. The zero-order chi connectivity index (χ0) is 20.1. The topological polar surface area (TPSA) is 56.4 Å². The molecule has 3 N–H and O–H groups in total. The van der Waals surface area contributed by atoms with Gasteiger partial charge < -0.3 is 15.5 Å². The zero-order valence-corrected chi connectivity index (χ0v) is 16.8. The van der Waals surface area contributed by atoms with E-state index in [1.807, 2.05) is 31.2 Å². The van der Waals surface area contributed by atoms with E-state index < -0.39 is 0 Å². The fourth-order valence-corrected chi connectivity index (χ4v) is 3.21. The Kier molecular flexibility index (Phi) is 6.41. The van der Waals surface area contributed by atoms with Gasteiger partial charge in [-0.25, -0.2) is 0 Å². The van der Waals surface area contributed by atoms with Crippen molar-refractivity contribution in [3.8, 4) is 0 Å². The van der Waals surface area contributed by atoms with Crippen molar-refractivity contribution in [3.05, 3.63) is 94.8 Å². The van der Waals surface area contributed by atoms with Gasteiger partial charge in [-0.05, 0) is 55.0 Å². The smallest absolute Gasteiger partial charge is 0.288 e. The predicted octanol–water partition coefficient (Wildman–Crippen LogP) is 4.75. The predicted molar refractivity (Wildman–Crippen MR) is 117 cm³/mol. The van der Waals surface area contributed by atoms with Gasteiger partial charge in [0.2, 0.25) is 0 Å². The lowest BCUT2D eigenvalue weighted by atomic mass is 10.1. The number of hydrogen-bond acceptors (Lipinski definition) is 3. The molecule has 0 saturated heterocycles. The molecule has 0 atom stereocenters. The lowest BCUT2D eigenvalue weighted by Crippen LogP contribution is -2.39. The maximum absolute atomic E-state index is 11.0. The SMILES string of the molecule is Cc1cccc(NC(=S)/C(=C(/O)c2ccc(Cl)cc2)[n+]2cccc(CO)c2)c1. The first kappa shape index (κ1) is 20.0. The van der Waals surface area contributed by atoms with Gasteiger partial charge in [-0.2, -0.15) is 4.57 Å². The third-order valence-corrected chi connectivity index (χ3v) is 4.68. The van der Waals surface area contributed by atoms with Gasteiger partial charge in [0, 0.05) is 27.9 Å². The van der Waals surface area contributed by atoms with Gasteiger partial charge in [-0.15, -0.1) is 0 Å². The molecule has 0 spiro atoms. The Bertz CT molecular complexity index is 1030. The Morgan fingerprint density at radius 1 is 1.11 bits per heavy atom. The van der Waals surface area contributed by atoms with Gasteiger partial charge in [0.05, 0.1) is 6.61 Å². The molecule has 3 aromatic rings. The molecule has 0 radical (unpaired) electrons. The highest BCUT2D eigenvalue weighted by Gasteiger charge is 2.24. The molecule has 3 rings (SSSR count). The largest absolute Gasteiger partial charge is 0.502 e. The minimum absolute atomic E-state index is 0.00177. The fourth-order valence-electron chi connectivity index (χ4n) is 2.76. The van der Waals surface area contributed by atoms with E-state index in [2.05, 4.69) is 5.32 Å². The van der Waals surface area contributed by atoms with Crippen molar-refractivity contribution in [1.29, 1.82) is 0 Å². The second-order valence-electron chi connectivity index (χ2n) is 6.31. The Labute approximate surface area is 174 Å². The highest BCUT2D eigenvalue weighted by molar-refractivity contribution is 7.81. The van der Waals surface area contributed by atoms with Crippen LogP contribution in [0.5, 0.6) is 0 Å². The first-order chi connectivity index (χ1) is 13.5. The molecule has 0 amide bonds. The number of thiocarbonyl (C=S) groups is 1. The number of nitrogens with one attached hydrogen (secondary N) is 1. The van der Waals surface area contributed by atoms with Crippen molar-refractivity contribution in [2.45, 2.75) is 13.5 Å². The number of anilines is 1. The van der Waals surface area contributed by atoms with Gasteiger partial charge in [-0.3, -0.25) is 0 Å². The van der Waals surface area contributed by atoms with Crippen molar-refractivity contribution >= 4 is 46.0 Å². The average Bonchev–Trinajstić information content (AvgIpc) is 2.69. The van der Waals surface area contributed by atoms with Crippen LogP contribution in [0.3, 0.4) is 0 Å². The molecule has 1 heterocycles. The normalized spacial score (nSPS) is 11.7. The molecule has 28 heavy (non-hydrogen) atoms. The number of aliphatic hydroxyl groups is 2. The molecule has 2 aromatic carbocycles. The van der Waals surface area contributed by atoms with Crippen LogP contribution in [0.2, 0.25) is 5.02 Å². The van der Waals surface area contributed by atoms with E-state index >= 15 is 0 Å². The Morgan fingerprint density at radius 3 is 2.54 bits per heavy atom. The highest BCUT2D eigenvalue weighted by atomic mass is 35.5. The van der Waals surface area contributed by atoms with E-state index in [-0.39, 0.29) is 12.4 Å². The maximum atomic E-state index is 11.0. The number of aromatic nitrogens is 1. The first-order valence-electron chi connectivity index (χ1n) is 8.66. The number of hydrogen-bond donors (Lipinski definition) is 3. The second kappa shape index (κ2) is 8.97. The summed E-state index contributed by atoms with van der Waals surface area (Å²) in [6, 6.07) is 18.3. The summed E-state index contributed by atoms with van der Waals surface area (Å²) in [5, 5.41) is 24.3. The van der Waals surface area contributed by atoms with Crippen LogP contribution in [0, 0.1) is 6.92 Å². The lowest BCUT2D eigenvalue weighted by molar-refractivity contribution is -0.576. The van der Waals surface area contributed by atoms with Gasteiger partial charge in [0.15, 0.2) is 23.1 Å². The zero-order valence-electron chi connectivity index (χ0n) is 15.3. The van der Waals surface area contributed by atoms with Crippen LogP contribution in [0.1, 0.15) is 16.7 Å². The summed E-state index contributed by atoms with van der Waals surface area (Å²) in [6.45, 7) is 1.88. The molecule has 1 aromatic heterocycles. The molecule has 0 aliphatic rings. The molecule has 4 nitrogen and oxygen atoms in total. The standard InChI is InChI=1S/C22H19ClN2O2S/c1-15-4-2-6-19(12-15)24-22(28)20(25-11-3-5-16(13-25)14-26)21(27)17-7-9-18(23)10-8-17/h2-13,26H,14H2,1H3,(H-,24,27,28)/p+1. The van der Waals surface area contributed by atoms with Crippen LogP contribution in [0.4, 0.5) is 5.69 Å². The summed E-state index contributed by atoms with van der Waals surface area (Å²) in [5.41, 5.74) is 3.59. The molecule has 0 aliphatic heterocycles. The molecule has 6 heteroatoms. The van der Waals surface area contributed by atoms with E-state index in [0.717, 1.165) is 11.3 Å². The molecule has 0 bridgehead atoms. The fraction of sp³-hybridized carbons (Fsp3) is 0.0909. The van der Waals surface area contributed by atoms with E-state index in [9.17, 15) is 10.2 Å². The molecular weight excluding hydrogens is 392 g/mol. The summed E-state index contributed by atoms with van der Waals surface area (Å²) in [4.78, 5) is 0.345. The summed E-state index contributed by atoms with van der Waals surface area (Å²) in [7, 11) is 0. The molecular formula is C22H20ClN2O2S+. The van der Waals surface area contributed by atoms with E-state index in [0.29, 0.717) is 26.8 Å². The van der Waals surface area contributed by atoms with Crippen LogP contribution in [0.25, 0.3) is 11.5 Å². The van der Waals surface area contributed by atoms with Gasteiger partial charge in [-0.1, -0.05) is 36.0 Å². The number of pyridine rings is 1. The third-order valence-electron chi connectivity index (χ3n) is 4.14. The Hall–Kier alpha value is -2.73. The quantitative estimate of drug-likeness (QED) is 0.245. The Morgan fingerprint density at radius 2 is 1.86 bits per heavy atom.